The molecule has 0 fully saturated rings. The van der Waals surface area contributed by atoms with Crippen LogP contribution in [0.15, 0.2) is 23.1 Å². The number of nitrogens with one attached hydrogen (secondary N) is 1. The van der Waals surface area contributed by atoms with E-state index in [1.807, 2.05) is 0 Å². The van der Waals surface area contributed by atoms with Crippen LogP contribution in [0.3, 0.4) is 0 Å². The molecule has 0 amide bonds. The fourth-order valence-electron chi connectivity index (χ4n) is 1.25. The van der Waals surface area contributed by atoms with Gasteiger partial charge in [-0.05, 0) is 19.1 Å². The monoisotopic (exact) mass is 331 g/mol. The van der Waals surface area contributed by atoms with Crippen molar-refractivity contribution in [2.75, 3.05) is 0 Å². The van der Waals surface area contributed by atoms with Crippen LogP contribution < -0.4 is 9.46 Å². The Balaban J connectivity index is 3.20. The summed E-state index contributed by atoms with van der Waals surface area (Å²) in [5.74, 6) is -4.66. The highest BCUT2D eigenvalue weighted by Gasteiger charge is 2.34. The number of sulfonamides is 1. The highest BCUT2D eigenvalue weighted by atomic mass is 32.2. The Kier molecular flexibility index (Phi) is 4.79. The number of carboxylic acids is 1. The standard InChI is InChI=1S/C10H9F4NO5S/c1-5(9(16)17)15-21(18,19)7-4-2-3-6(8(7)11)20-10(12,13)14/h2-5,15H,1H3,(H,16,17). The van der Waals surface area contributed by atoms with Gasteiger partial charge in [0, 0.05) is 0 Å². The van der Waals surface area contributed by atoms with Gasteiger partial charge < -0.3 is 9.84 Å². The van der Waals surface area contributed by atoms with Crippen LogP contribution in [-0.2, 0) is 14.8 Å². The fraction of sp³-hybridized carbons (Fsp3) is 0.300. The number of halogens is 4. The van der Waals surface area contributed by atoms with Gasteiger partial charge in [0.25, 0.3) is 0 Å². The summed E-state index contributed by atoms with van der Waals surface area (Å²) in [5.41, 5.74) is 0. The average molecular weight is 331 g/mol. The summed E-state index contributed by atoms with van der Waals surface area (Å²) in [4.78, 5) is 9.40. The summed E-state index contributed by atoms with van der Waals surface area (Å²) < 4.78 is 78.3. The average Bonchev–Trinajstić information content (AvgIpc) is 2.29. The van der Waals surface area contributed by atoms with E-state index in [0.29, 0.717) is 12.1 Å². The molecule has 0 aliphatic heterocycles. The molecular formula is C10H9F4NO5S. The summed E-state index contributed by atoms with van der Waals surface area (Å²) in [6, 6.07) is 0.490. The van der Waals surface area contributed by atoms with Crippen LogP contribution in [0.25, 0.3) is 0 Å². The van der Waals surface area contributed by atoms with Crippen LogP contribution in [0.4, 0.5) is 17.6 Å². The van der Waals surface area contributed by atoms with Gasteiger partial charge in [-0.2, -0.15) is 4.72 Å². The molecule has 0 aliphatic carbocycles. The maximum atomic E-state index is 13.8. The molecule has 1 rings (SSSR count). The molecule has 0 aliphatic rings. The van der Waals surface area contributed by atoms with E-state index in [-0.39, 0.29) is 0 Å². The molecule has 6 nitrogen and oxygen atoms in total. The van der Waals surface area contributed by atoms with Crippen LogP contribution in [0.5, 0.6) is 5.75 Å². The second-order valence-corrected chi connectivity index (χ2v) is 5.48. The predicted octanol–water partition coefficient (Wildman–Crippen LogP) is 1.48. The zero-order valence-corrected chi connectivity index (χ0v) is 11.1. The molecule has 1 unspecified atom stereocenters. The molecule has 118 valence electrons. The predicted molar refractivity (Wildman–Crippen MR) is 60.5 cm³/mol. The van der Waals surface area contributed by atoms with Crippen molar-refractivity contribution < 1.29 is 40.6 Å². The number of hydrogen-bond acceptors (Lipinski definition) is 4. The van der Waals surface area contributed by atoms with Crippen LogP contribution in [0.2, 0.25) is 0 Å². The Bertz CT molecular complexity index is 643. The van der Waals surface area contributed by atoms with E-state index in [1.54, 1.807) is 4.72 Å². The molecule has 21 heavy (non-hydrogen) atoms. The van der Waals surface area contributed by atoms with Crippen LogP contribution in [-0.4, -0.2) is 31.9 Å². The van der Waals surface area contributed by atoms with Crippen molar-refractivity contribution in [1.29, 1.82) is 0 Å². The Morgan fingerprint density at radius 3 is 2.43 bits per heavy atom. The molecule has 1 aromatic carbocycles. The first kappa shape index (κ1) is 17.2. The summed E-state index contributed by atoms with van der Waals surface area (Å²) in [6.45, 7) is 0.966. The molecule has 0 aromatic heterocycles. The lowest BCUT2D eigenvalue weighted by atomic mass is 10.3. The van der Waals surface area contributed by atoms with Crippen molar-refractivity contribution in [2.45, 2.75) is 24.2 Å². The van der Waals surface area contributed by atoms with Crippen molar-refractivity contribution in [1.82, 2.24) is 4.72 Å². The highest BCUT2D eigenvalue weighted by molar-refractivity contribution is 7.89. The highest BCUT2D eigenvalue weighted by Crippen LogP contribution is 2.29. The third kappa shape index (κ3) is 4.56. The summed E-state index contributed by atoms with van der Waals surface area (Å²) in [5, 5.41) is 8.57. The minimum Gasteiger partial charge on any atom is -0.480 e. The lowest BCUT2D eigenvalue weighted by Crippen LogP contribution is -2.38. The van der Waals surface area contributed by atoms with Gasteiger partial charge in [-0.25, -0.2) is 12.8 Å². The largest absolute Gasteiger partial charge is 0.573 e. The van der Waals surface area contributed by atoms with Gasteiger partial charge in [0.05, 0.1) is 0 Å². The topological polar surface area (TPSA) is 92.7 Å². The van der Waals surface area contributed by atoms with E-state index in [1.165, 1.54) is 0 Å². The normalized spacial score (nSPS) is 13.8. The minimum atomic E-state index is -5.20. The minimum absolute atomic E-state index is 0.586. The molecule has 2 N–H and O–H groups in total. The molecule has 0 saturated heterocycles. The van der Waals surface area contributed by atoms with E-state index in [9.17, 15) is 30.8 Å². The SMILES string of the molecule is CC(NS(=O)(=O)c1cccc(OC(F)(F)F)c1F)C(=O)O. The fourth-order valence-corrected chi connectivity index (χ4v) is 2.54. The van der Waals surface area contributed by atoms with Gasteiger partial charge in [-0.3, -0.25) is 4.79 Å². The van der Waals surface area contributed by atoms with Crippen LogP contribution in [0, 0.1) is 5.82 Å². The lowest BCUT2D eigenvalue weighted by molar-refractivity contribution is -0.275. The Morgan fingerprint density at radius 2 is 1.95 bits per heavy atom. The van der Waals surface area contributed by atoms with Gasteiger partial charge in [0.15, 0.2) is 11.6 Å². The first-order chi connectivity index (χ1) is 9.44. The first-order valence-corrected chi connectivity index (χ1v) is 6.72. The quantitative estimate of drug-likeness (QED) is 0.797. The lowest BCUT2D eigenvalue weighted by Gasteiger charge is -2.14. The first-order valence-electron chi connectivity index (χ1n) is 5.23. The van der Waals surface area contributed by atoms with E-state index < -0.39 is 44.9 Å². The van der Waals surface area contributed by atoms with Crippen molar-refractivity contribution in [2.24, 2.45) is 0 Å². The zero-order valence-electron chi connectivity index (χ0n) is 10.3. The van der Waals surface area contributed by atoms with E-state index in [0.717, 1.165) is 13.0 Å². The van der Waals surface area contributed by atoms with Crippen molar-refractivity contribution in [3.63, 3.8) is 0 Å². The van der Waals surface area contributed by atoms with Crippen molar-refractivity contribution in [3.05, 3.63) is 24.0 Å². The smallest absolute Gasteiger partial charge is 0.480 e. The maximum Gasteiger partial charge on any atom is 0.573 e. The number of rotatable bonds is 5. The van der Waals surface area contributed by atoms with Gasteiger partial charge in [-0.15, -0.1) is 13.2 Å². The molecule has 1 aromatic rings. The summed E-state index contributed by atoms with van der Waals surface area (Å²) in [7, 11) is -4.67. The Morgan fingerprint density at radius 1 is 1.38 bits per heavy atom. The third-order valence-electron chi connectivity index (χ3n) is 2.15. The summed E-state index contributed by atoms with van der Waals surface area (Å²) >= 11 is 0. The number of ether oxygens (including phenoxy) is 1. The van der Waals surface area contributed by atoms with Gasteiger partial charge in [0.2, 0.25) is 10.0 Å². The Labute approximate surface area is 116 Å². The van der Waals surface area contributed by atoms with E-state index >= 15 is 0 Å². The van der Waals surface area contributed by atoms with Gasteiger partial charge in [-0.1, -0.05) is 6.07 Å². The molecule has 0 spiro atoms. The van der Waals surface area contributed by atoms with Gasteiger partial charge >= 0.3 is 12.3 Å². The molecular weight excluding hydrogens is 322 g/mol. The number of benzene rings is 1. The molecule has 11 heteroatoms. The second-order valence-electron chi connectivity index (χ2n) is 3.80. The van der Waals surface area contributed by atoms with Crippen LogP contribution >= 0.6 is 0 Å². The van der Waals surface area contributed by atoms with Crippen molar-refractivity contribution >= 4 is 16.0 Å². The number of aliphatic carboxylic acids is 1. The molecule has 0 heterocycles. The van der Waals surface area contributed by atoms with Gasteiger partial charge in [0.1, 0.15) is 10.9 Å². The molecule has 1 atom stereocenters. The number of carbonyl (C=O) groups is 1. The maximum absolute atomic E-state index is 13.8. The number of hydrogen-bond donors (Lipinski definition) is 2. The molecule has 0 saturated carbocycles. The molecule has 0 radical (unpaired) electrons. The number of alkyl halides is 3. The summed E-state index contributed by atoms with van der Waals surface area (Å²) in [6.07, 6.45) is -5.20. The number of carboxylic acid groups (broad SMARTS) is 1. The third-order valence-corrected chi connectivity index (χ3v) is 3.70. The van der Waals surface area contributed by atoms with E-state index in [2.05, 4.69) is 4.74 Å². The van der Waals surface area contributed by atoms with Crippen molar-refractivity contribution in [3.8, 4) is 5.75 Å². The zero-order chi connectivity index (χ0) is 16.4. The second kappa shape index (κ2) is 5.85. The van der Waals surface area contributed by atoms with E-state index in [4.69, 9.17) is 5.11 Å². The molecule has 0 bridgehead atoms. The van der Waals surface area contributed by atoms with Crippen LogP contribution in [0.1, 0.15) is 6.92 Å². The Hall–Kier alpha value is -1.88.